The fourth-order valence-electron chi connectivity index (χ4n) is 2.79. The molecule has 4 rings (SSSR count). The minimum Gasteiger partial charge on any atom is -0.378 e. The molecule has 1 aliphatic heterocycles. The molecule has 0 N–H and O–H groups in total. The fourth-order valence-corrected chi connectivity index (χ4v) is 3.65. The first-order valence-corrected chi connectivity index (χ1v) is 9.36. The summed E-state index contributed by atoms with van der Waals surface area (Å²) in [5.74, 6) is 1.09. The molecule has 1 aromatic carbocycles. The number of halogens is 1. The second-order valence-corrected chi connectivity index (χ2v) is 6.75. The van der Waals surface area contributed by atoms with Crippen molar-refractivity contribution in [2.45, 2.75) is 10.9 Å². The molecule has 0 amide bonds. The first kappa shape index (κ1) is 17.0. The maximum absolute atomic E-state index is 13.8. The van der Waals surface area contributed by atoms with E-state index in [4.69, 9.17) is 4.74 Å². The fraction of sp³-hybridized carbons (Fsp3) is 0.278. The van der Waals surface area contributed by atoms with Crippen LogP contribution in [0.25, 0.3) is 5.69 Å². The average molecular weight is 371 g/mol. The highest BCUT2D eigenvalue weighted by Crippen LogP contribution is 2.29. The summed E-state index contributed by atoms with van der Waals surface area (Å²) >= 11 is 1.53. The third kappa shape index (κ3) is 3.71. The van der Waals surface area contributed by atoms with E-state index in [-0.39, 0.29) is 5.82 Å². The maximum Gasteiger partial charge on any atom is 0.232 e. The monoisotopic (exact) mass is 371 g/mol. The van der Waals surface area contributed by atoms with Crippen molar-refractivity contribution in [1.29, 1.82) is 0 Å². The molecule has 26 heavy (non-hydrogen) atoms. The van der Waals surface area contributed by atoms with Crippen LogP contribution in [0.2, 0.25) is 0 Å². The van der Waals surface area contributed by atoms with Crippen LogP contribution in [-0.4, -0.2) is 46.1 Å². The van der Waals surface area contributed by atoms with E-state index in [0.29, 0.717) is 35.8 Å². The van der Waals surface area contributed by atoms with Crippen LogP contribution in [0.3, 0.4) is 0 Å². The first-order valence-electron chi connectivity index (χ1n) is 8.38. The van der Waals surface area contributed by atoms with Gasteiger partial charge >= 0.3 is 0 Å². The summed E-state index contributed by atoms with van der Waals surface area (Å²) in [6, 6.07) is 12.3. The number of hydrogen-bond donors (Lipinski definition) is 0. The molecule has 134 valence electrons. The highest BCUT2D eigenvalue weighted by Gasteiger charge is 2.22. The van der Waals surface area contributed by atoms with Crippen LogP contribution >= 0.6 is 11.8 Å². The Kier molecular flexibility index (Phi) is 5.12. The van der Waals surface area contributed by atoms with Gasteiger partial charge < -0.3 is 9.64 Å². The zero-order chi connectivity index (χ0) is 17.8. The summed E-state index contributed by atoms with van der Waals surface area (Å²) in [6.07, 6.45) is 1.77. The van der Waals surface area contributed by atoms with Gasteiger partial charge in [-0.05, 0) is 30.3 Å². The summed E-state index contributed by atoms with van der Waals surface area (Å²) in [5.41, 5.74) is 1.67. The maximum atomic E-state index is 13.8. The van der Waals surface area contributed by atoms with Gasteiger partial charge in [0.25, 0.3) is 0 Å². The number of pyridine rings is 1. The van der Waals surface area contributed by atoms with Gasteiger partial charge in [0, 0.05) is 25.0 Å². The van der Waals surface area contributed by atoms with Gasteiger partial charge in [0.15, 0.2) is 5.16 Å². The summed E-state index contributed by atoms with van der Waals surface area (Å²) in [5, 5.41) is 9.44. The van der Waals surface area contributed by atoms with E-state index in [2.05, 4.69) is 20.1 Å². The number of morpholine rings is 1. The molecular formula is C18H18FN5OS. The summed E-state index contributed by atoms with van der Waals surface area (Å²) in [4.78, 5) is 6.46. The predicted molar refractivity (Wildman–Crippen MR) is 98.1 cm³/mol. The third-order valence-electron chi connectivity index (χ3n) is 4.05. The molecule has 1 fully saturated rings. The van der Waals surface area contributed by atoms with E-state index in [0.717, 1.165) is 18.8 Å². The van der Waals surface area contributed by atoms with Crippen molar-refractivity contribution in [3.63, 3.8) is 0 Å². The normalized spacial score (nSPS) is 14.6. The standard InChI is InChI=1S/C18H18FN5OS/c19-14-4-3-6-16(12-14)24-17(23-8-10-25-11-9-23)21-22-18(24)26-13-15-5-1-2-7-20-15/h1-7,12H,8-11,13H2. The molecule has 6 nitrogen and oxygen atoms in total. The van der Waals surface area contributed by atoms with Crippen molar-refractivity contribution >= 4 is 17.7 Å². The summed E-state index contributed by atoms with van der Waals surface area (Å²) in [6.45, 7) is 2.76. The van der Waals surface area contributed by atoms with E-state index < -0.39 is 0 Å². The lowest BCUT2D eigenvalue weighted by atomic mass is 10.3. The number of thioether (sulfide) groups is 1. The van der Waals surface area contributed by atoms with Gasteiger partial charge in [0.05, 0.1) is 24.6 Å². The molecule has 3 aromatic rings. The molecule has 1 saturated heterocycles. The van der Waals surface area contributed by atoms with Crippen molar-refractivity contribution in [2.24, 2.45) is 0 Å². The number of aromatic nitrogens is 4. The van der Waals surface area contributed by atoms with Gasteiger partial charge in [-0.25, -0.2) is 4.39 Å². The Bertz CT molecular complexity index is 867. The lowest BCUT2D eigenvalue weighted by Crippen LogP contribution is -2.37. The van der Waals surface area contributed by atoms with E-state index in [1.165, 1.54) is 23.9 Å². The molecule has 8 heteroatoms. The topological polar surface area (TPSA) is 56.1 Å². The van der Waals surface area contributed by atoms with Gasteiger partial charge in [0.2, 0.25) is 5.95 Å². The Labute approximate surface area is 155 Å². The van der Waals surface area contributed by atoms with E-state index in [1.807, 2.05) is 28.8 Å². The van der Waals surface area contributed by atoms with Crippen molar-refractivity contribution in [3.8, 4) is 5.69 Å². The van der Waals surface area contributed by atoms with Gasteiger partial charge in [-0.1, -0.05) is 23.9 Å². The second-order valence-electron chi connectivity index (χ2n) is 5.81. The Balaban J connectivity index is 1.67. The number of rotatable bonds is 5. The molecule has 0 bridgehead atoms. The number of nitrogens with zero attached hydrogens (tertiary/aromatic N) is 5. The molecule has 0 saturated carbocycles. The van der Waals surface area contributed by atoms with Crippen molar-refractivity contribution in [1.82, 2.24) is 19.7 Å². The largest absolute Gasteiger partial charge is 0.378 e. The van der Waals surface area contributed by atoms with E-state index >= 15 is 0 Å². The molecule has 2 aromatic heterocycles. The van der Waals surface area contributed by atoms with Gasteiger partial charge in [-0.15, -0.1) is 10.2 Å². The van der Waals surface area contributed by atoms with E-state index in [1.54, 1.807) is 12.3 Å². The molecule has 1 aliphatic rings. The minimum absolute atomic E-state index is 0.287. The Hall–Kier alpha value is -2.45. The minimum atomic E-state index is -0.287. The molecule has 0 spiro atoms. The third-order valence-corrected chi connectivity index (χ3v) is 5.01. The summed E-state index contributed by atoms with van der Waals surface area (Å²) in [7, 11) is 0. The quantitative estimate of drug-likeness (QED) is 0.643. The average Bonchev–Trinajstić information content (AvgIpc) is 3.12. The van der Waals surface area contributed by atoms with Crippen LogP contribution < -0.4 is 4.90 Å². The predicted octanol–water partition coefficient (Wildman–Crippen LogP) is 2.93. The second kappa shape index (κ2) is 7.84. The molecule has 0 radical (unpaired) electrons. The van der Waals surface area contributed by atoms with Crippen molar-refractivity contribution in [2.75, 3.05) is 31.2 Å². The molecule has 3 heterocycles. The number of benzene rings is 1. The Morgan fingerprint density at radius 1 is 1.08 bits per heavy atom. The highest BCUT2D eigenvalue weighted by molar-refractivity contribution is 7.98. The Morgan fingerprint density at radius 2 is 1.96 bits per heavy atom. The van der Waals surface area contributed by atoms with Crippen LogP contribution in [0.1, 0.15) is 5.69 Å². The van der Waals surface area contributed by atoms with Crippen LogP contribution in [0.4, 0.5) is 10.3 Å². The van der Waals surface area contributed by atoms with Crippen LogP contribution in [-0.2, 0) is 10.5 Å². The molecular weight excluding hydrogens is 353 g/mol. The SMILES string of the molecule is Fc1cccc(-n2c(SCc3ccccn3)nnc2N2CCOCC2)c1. The highest BCUT2D eigenvalue weighted by atomic mass is 32.2. The molecule has 0 atom stereocenters. The van der Waals surface area contributed by atoms with E-state index in [9.17, 15) is 4.39 Å². The zero-order valence-corrected chi connectivity index (χ0v) is 14.9. The smallest absolute Gasteiger partial charge is 0.232 e. The zero-order valence-electron chi connectivity index (χ0n) is 14.1. The molecule has 0 unspecified atom stereocenters. The lowest BCUT2D eigenvalue weighted by molar-refractivity contribution is 0.122. The number of ether oxygens (including phenoxy) is 1. The molecule has 0 aliphatic carbocycles. The number of hydrogen-bond acceptors (Lipinski definition) is 6. The lowest BCUT2D eigenvalue weighted by Gasteiger charge is -2.27. The van der Waals surface area contributed by atoms with Crippen LogP contribution in [0.5, 0.6) is 0 Å². The summed E-state index contributed by atoms with van der Waals surface area (Å²) < 4.78 is 21.1. The van der Waals surface area contributed by atoms with Crippen LogP contribution in [0, 0.1) is 5.82 Å². The van der Waals surface area contributed by atoms with Crippen LogP contribution in [0.15, 0.2) is 53.8 Å². The van der Waals surface area contributed by atoms with Gasteiger partial charge in [-0.3, -0.25) is 9.55 Å². The van der Waals surface area contributed by atoms with Gasteiger partial charge in [-0.2, -0.15) is 0 Å². The van der Waals surface area contributed by atoms with Crippen molar-refractivity contribution < 1.29 is 9.13 Å². The number of anilines is 1. The van der Waals surface area contributed by atoms with Crippen molar-refractivity contribution in [3.05, 3.63) is 60.2 Å². The van der Waals surface area contributed by atoms with Gasteiger partial charge in [0.1, 0.15) is 5.82 Å². The Morgan fingerprint density at radius 3 is 2.73 bits per heavy atom. The first-order chi connectivity index (χ1) is 12.8.